The third-order valence-corrected chi connectivity index (χ3v) is 3.17. The molecule has 20 heavy (non-hydrogen) atoms. The largest absolute Gasteiger partial charge is 0.504 e. The second-order valence-corrected chi connectivity index (χ2v) is 4.86. The lowest BCUT2D eigenvalue weighted by atomic mass is 10.1. The van der Waals surface area contributed by atoms with Crippen molar-refractivity contribution in [2.45, 2.75) is 39.5 Å². The Morgan fingerprint density at radius 3 is 1.85 bits per heavy atom. The van der Waals surface area contributed by atoms with Crippen molar-refractivity contribution in [2.75, 3.05) is 13.1 Å². The molecule has 0 unspecified atom stereocenters. The number of phenols is 3. The summed E-state index contributed by atoms with van der Waals surface area (Å²) in [5.74, 6) is -1.81. The van der Waals surface area contributed by atoms with Gasteiger partial charge >= 0.3 is 0 Å². The van der Waals surface area contributed by atoms with E-state index < -0.39 is 17.2 Å². The SMILES string of the molecule is CCCCN(CCCC)C(=O)c1cc(O)c(O)c(O)c1. The van der Waals surface area contributed by atoms with Crippen LogP contribution in [0.1, 0.15) is 49.9 Å². The Morgan fingerprint density at radius 2 is 1.45 bits per heavy atom. The highest BCUT2D eigenvalue weighted by Gasteiger charge is 2.18. The molecule has 1 rings (SSSR count). The average Bonchev–Trinajstić information content (AvgIpc) is 2.43. The quantitative estimate of drug-likeness (QED) is 0.671. The zero-order valence-electron chi connectivity index (χ0n) is 12.1. The molecule has 5 heteroatoms. The minimum Gasteiger partial charge on any atom is -0.504 e. The molecule has 0 radical (unpaired) electrons. The fraction of sp³-hybridized carbons (Fsp3) is 0.533. The van der Waals surface area contributed by atoms with Crippen LogP contribution in [0.2, 0.25) is 0 Å². The van der Waals surface area contributed by atoms with Gasteiger partial charge in [-0.2, -0.15) is 0 Å². The molecule has 3 N–H and O–H groups in total. The molecule has 0 aliphatic rings. The first-order valence-electron chi connectivity index (χ1n) is 7.05. The number of carbonyl (C=O) groups excluding carboxylic acids is 1. The molecule has 1 aromatic rings. The predicted molar refractivity (Wildman–Crippen MR) is 77.2 cm³/mol. The van der Waals surface area contributed by atoms with Crippen LogP contribution in [-0.4, -0.2) is 39.2 Å². The summed E-state index contributed by atoms with van der Waals surface area (Å²) in [6, 6.07) is 2.37. The summed E-state index contributed by atoms with van der Waals surface area (Å²) in [5, 5.41) is 28.3. The van der Waals surface area contributed by atoms with Gasteiger partial charge in [-0.1, -0.05) is 26.7 Å². The Kier molecular flexibility index (Phi) is 6.15. The lowest BCUT2D eigenvalue weighted by Gasteiger charge is -2.22. The zero-order chi connectivity index (χ0) is 15.1. The van der Waals surface area contributed by atoms with Gasteiger partial charge in [-0.3, -0.25) is 4.79 Å². The van der Waals surface area contributed by atoms with Crippen LogP contribution < -0.4 is 0 Å². The zero-order valence-corrected chi connectivity index (χ0v) is 12.1. The molecular formula is C15H23NO4. The topological polar surface area (TPSA) is 81.0 Å². The second-order valence-electron chi connectivity index (χ2n) is 4.86. The number of aromatic hydroxyl groups is 3. The first kappa shape index (κ1) is 16.1. The molecule has 0 bridgehead atoms. The van der Waals surface area contributed by atoms with Gasteiger partial charge in [0, 0.05) is 18.7 Å². The van der Waals surface area contributed by atoms with Gasteiger partial charge in [0.2, 0.25) is 0 Å². The normalized spacial score (nSPS) is 10.5. The number of phenolic OH excluding ortho intramolecular Hbond substituents is 3. The molecule has 0 aromatic heterocycles. The summed E-state index contributed by atoms with van der Waals surface area (Å²) in [4.78, 5) is 14.1. The average molecular weight is 281 g/mol. The number of benzene rings is 1. The van der Waals surface area contributed by atoms with E-state index in [-0.39, 0.29) is 11.5 Å². The maximum Gasteiger partial charge on any atom is 0.254 e. The molecular weight excluding hydrogens is 258 g/mol. The fourth-order valence-electron chi connectivity index (χ4n) is 1.92. The molecule has 0 fully saturated rings. The van der Waals surface area contributed by atoms with E-state index in [4.69, 9.17) is 0 Å². The van der Waals surface area contributed by atoms with Crippen molar-refractivity contribution in [3.8, 4) is 17.2 Å². The van der Waals surface area contributed by atoms with E-state index in [1.807, 2.05) is 0 Å². The van der Waals surface area contributed by atoms with Crippen LogP contribution in [0.3, 0.4) is 0 Å². The molecule has 1 aromatic carbocycles. The van der Waals surface area contributed by atoms with Crippen molar-refractivity contribution >= 4 is 5.91 Å². The van der Waals surface area contributed by atoms with E-state index in [1.54, 1.807) is 4.90 Å². The highest BCUT2D eigenvalue weighted by Crippen LogP contribution is 2.35. The number of carbonyl (C=O) groups is 1. The van der Waals surface area contributed by atoms with Crippen molar-refractivity contribution in [3.63, 3.8) is 0 Å². The molecule has 0 spiro atoms. The molecule has 0 aliphatic carbocycles. The Morgan fingerprint density at radius 1 is 1.00 bits per heavy atom. The van der Waals surface area contributed by atoms with Crippen LogP contribution >= 0.6 is 0 Å². The third-order valence-electron chi connectivity index (χ3n) is 3.17. The second kappa shape index (κ2) is 7.62. The van der Waals surface area contributed by atoms with E-state index in [0.717, 1.165) is 25.7 Å². The highest BCUT2D eigenvalue weighted by atomic mass is 16.3. The van der Waals surface area contributed by atoms with Gasteiger partial charge in [0.1, 0.15) is 0 Å². The van der Waals surface area contributed by atoms with Crippen LogP contribution in [0, 0.1) is 0 Å². The first-order chi connectivity index (χ1) is 9.51. The summed E-state index contributed by atoms with van der Waals surface area (Å²) in [6.07, 6.45) is 3.79. The van der Waals surface area contributed by atoms with Crippen LogP contribution in [0.25, 0.3) is 0 Å². The molecule has 0 saturated heterocycles. The van der Waals surface area contributed by atoms with Gasteiger partial charge in [-0.25, -0.2) is 0 Å². The molecule has 0 aliphatic heterocycles. The molecule has 1 amide bonds. The van der Waals surface area contributed by atoms with E-state index >= 15 is 0 Å². The first-order valence-corrected chi connectivity index (χ1v) is 7.05. The van der Waals surface area contributed by atoms with Gasteiger partial charge in [-0.05, 0) is 25.0 Å². The van der Waals surface area contributed by atoms with Gasteiger partial charge in [0.05, 0.1) is 0 Å². The Labute approximate surface area is 119 Å². The van der Waals surface area contributed by atoms with E-state index in [2.05, 4.69) is 13.8 Å². The van der Waals surface area contributed by atoms with Gasteiger partial charge < -0.3 is 20.2 Å². The molecule has 112 valence electrons. The maximum absolute atomic E-state index is 12.4. The van der Waals surface area contributed by atoms with Crippen molar-refractivity contribution in [2.24, 2.45) is 0 Å². The monoisotopic (exact) mass is 281 g/mol. The smallest absolute Gasteiger partial charge is 0.254 e. The lowest BCUT2D eigenvalue weighted by Crippen LogP contribution is -2.32. The van der Waals surface area contributed by atoms with Crippen LogP contribution in [0.15, 0.2) is 12.1 Å². The third kappa shape index (κ3) is 4.05. The van der Waals surface area contributed by atoms with Crippen LogP contribution in [-0.2, 0) is 0 Å². The summed E-state index contributed by atoms with van der Waals surface area (Å²) in [6.45, 7) is 5.41. The summed E-state index contributed by atoms with van der Waals surface area (Å²) in [5.41, 5.74) is 0.185. The van der Waals surface area contributed by atoms with Crippen molar-refractivity contribution in [1.82, 2.24) is 4.90 Å². The maximum atomic E-state index is 12.4. The number of rotatable bonds is 7. The molecule has 0 saturated carbocycles. The number of nitrogens with zero attached hydrogens (tertiary/aromatic N) is 1. The van der Waals surface area contributed by atoms with Crippen molar-refractivity contribution in [1.29, 1.82) is 0 Å². The highest BCUT2D eigenvalue weighted by molar-refractivity contribution is 5.95. The Balaban J connectivity index is 2.92. The minimum absolute atomic E-state index is 0.185. The van der Waals surface area contributed by atoms with E-state index in [9.17, 15) is 20.1 Å². The fourth-order valence-corrected chi connectivity index (χ4v) is 1.92. The number of hydrogen-bond donors (Lipinski definition) is 3. The number of amides is 1. The van der Waals surface area contributed by atoms with Gasteiger partial charge in [0.15, 0.2) is 17.2 Å². The standard InChI is InChI=1S/C15H23NO4/c1-3-5-7-16(8-6-4-2)15(20)11-9-12(17)14(19)13(18)10-11/h9-10,17-19H,3-8H2,1-2H3. The Hall–Kier alpha value is -1.91. The van der Waals surface area contributed by atoms with Gasteiger partial charge in [0.25, 0.3) is 5.91 Å². The minimum atomic E-state index is -0.602. The summed E-state index contributed by atoms with van der Waals surface area (Å²) < 4.78 is 0. The number of unbranched alkanes of at least 4 members (excludes halogenated alkanes) is 2. The predicted octanol–water partition coefficient (Wildman–Crippen LogP) is 2.85. The van der Waals surface area contributed by atoms with Crippen LogP contribution in [0.4, 0.5) is 0 Å². The molecule has 0 atom stereocenters. The van der Waals surface area contributed by atoms with Gasteiger partial charge in [-0.15, -0.1) is 0 Å². The van der Waals surface area contributed by atoms with E-state index in [1.165, 1.54) is 12.1 Å². The molecule has 0 heterocycles. The van der Waals surface area contributed by atoms with E-state index in [0.29, 0.717) is 13.1 Å². The Bertz CT molecular complexity index is 428. The van der Waals surface area contributed by atoms with Crippen molar-refractivity contribution in [3.05, 3.63) is 17.7 Å². The van der Waals surface area contributed by atoms with Crippen molar-refractivity contribution < 1.29 is 20.1 Å². The van der Waals surface area contributed by atoms with Crippen LogP contribution in [0.5, 0.6) is 17.2 Å². The lowest BCUT2D eigenvalue weighted by molar-refractivity contribution is 0.0750. The summed E-state index contributed by atoms with van der Waals surface area (Å²) in [7, 11) is 0. The molecule has 5 nitrogen and oxygen atoms in total. The number of hydrogen-bond acceptors (Lipinski definition) is 4. The summed E-state index contributed by atoms with van der Waals surface area (Å²) >= 11 is 0.